The molecule has 30 heavy (non-hydrogen) atoms. The first-order chi connectivity index (χ1) is 14.5. The van der Waals surface area contributed by atoms with Gasteiger partial charge < -0.3 is 10.5 Å². The molecule has 1 heterocycles. The molecule has 0 spiro atoms. The maximum Gasteiger partial charge on any atom is 0.323 e. The van der Waals surface area contributed by atoms with Crippen LogP contribution >= 0.6 is 0 Å². The Kier molecular flexibility index (Phi) is 10.6. The average molecular weight is 415 g/mol. The van der Waals surface area contributed by atoms with Crippen LogP contribution in [-0.2, 0) is 16.0 Å². The number of carbonyl (C=O) groups excluding carboxylic acids is 2. The van der Waals surface area contributed by atoms with Gasteiger partial charge in [-0.3, -0.25) is 14.2 Å². The SMILES string of the molecule is CCCCCCCCCCCCOC(=O)C(N)Cc1cn(C(C)=O)c2ccccc12. The Hall–Kier alpha value is -2.14. The fourth-order valence-electron chi connectivity index (χ4n) is 3.86. The van der Waals surface area contributed by atoms with Crippen molar-refractivity contribution in [2.24, 2.45) is 5.73 Å². The second-order valence-corrected chi connectivity index (χ2v) is 8.22. The van der Waals surface area contributed by atoms with Crippen molar-refractivity contribution in [1.82, 2.24) is 4.57 Å². The fraction of sp³-hybridized carbons (Fsp3) is 0.600. The van der Waals surface area contributed by atoms with Gasteiger partial charge >= 0.3 is 5.97 Å². The van der Waals surface area contributed by atoms with Gasteiger partial charge in [-0.05, 0) is 18.1 Å². The minimum atomic E-state index is -0.723. The monoisotopic (exact) mass is 414 g/mol. The molecule has 0 radical (unpaired) electrons. The van der Waals surface area contributed by atoms with E-state index in [0.29, 0.717) is 13.0 Å². The van der Waals surface area contributed by atoms with Crippen LogP contribution in [0.15, 0.2) is 30.5 Å². The highest BCUT2D eigenvalue weighted by Gasteiger charge is 2.19. The van der Waals surface area contributed by atoms with Gasteiger partial charge in [-0.25, -0.2) is 0 Å². The molecule has 0 saturated heterocycles. The van der Waals surface area contributed by atoms with Crippen LogP contribution in [0.5, 0.6) is 0 Å². The van der Waals surface area contributed by atoms with Crippen molar-refractivity contribution in [2.75, 3.05) is 6.61 Å². The molecule has 0 aliphatic rings. The normalized spacial score (nSPS) is 12.2. The first-order valence-electron chi connectivity index (χ1n) is 11.6. The van der Waals surface area contributed by atoms with Gasteiger partial charge in [0.05, 0.1) is 12.1 Å². The van der Waals surface area contributed by atoms with E-state index < -0.39 is 6.04 Å². The van der Waals surface area contributed by atoms with E-state index in [1.165, 1.54) is 58.3 Å². The number of aromatic nitrogens is 1. The molecule has 0 fully saturated rings. The van der Waals surface area contributed by atoms with Gasteiger partial charge in [0.25, 0.3) is 0 Å². The molecule has 0 amide bonds. The molecule has 1 atom stereocenters. The molecule has 5 heteroatoms. The van der Waals surface area contributed by atoms with E-state index in [9.17, 15) is 9.59 Å². The average Bonchev–Trinajstić information content (AvgIpc) is 3.10. The van der Waals surface area contributed by atoms with Crippen molar-refractivity contribution in [3.63, 3.8) is 0 Å². The molecular formula is C25H38N2O3. The van der Waals surface area contributed by atoms with Crippen molar-refractivity contribution in [3.8, 4) is 0 Å². The Balaban J connectivity index is 1.66. The van der Waals surface area contributed by atoms with Gasteiger partial charge in [-0.2, -0.15) is 0 Å². The first kappa shape index (κ1) is 24.1. The Labute approximate surface area is 181 Å². The largest absolute Gasteiger partial charge is 0.465 e. The number of unbranched alkanes of at least 4 members (excludes halogenated alkanes) is 9. The number of fused-ring (bicyclic) bond motifs is 1. The second-order valence-electron chi connectivity index (χ2n) is 8.22. The van der Waals surface area contributed by atoms with Gasteiger partial charge in [0.2, 0.25) is 5.91 Å². The van der Waals surface area contributed by atoms with Crippen LogP contribution in [0.2, 0.25) is 0 Å². The summed E-state index contributed by atoms with van der Waals surface area (Å²) in [7, 11) is 0. The number of rotatable bonds is 14. The van der Waals surface area contributed by atoms with Gasteiger partial charge in [0.1, 0.15) is 6.04 Å². The minimum absolute atomic E-state index is 0.0606. The lowest BCUT2D eigenvalue weighted by atomic mass is 10.1. The summed E-state index contributed by atoms with van der Waals surface area (Å²) in [6.45, 7) is 4.20. The van der Waals surface area contributed by atoms with Crippen LogP contribution in [0.3, 0.4) is 0 Å². The van der Waals surface area contributed by atoms with E-state index in [0.717, 1.165) is 29.3 Å². The third-order valence-electron chi connectivity index (χ3n) is 5.62. The number of nitrogens with zero attached hydrogens (tertiary/aromatic N) is 1. The van der Waals surface area contributed by atoms with Crippen LogP contribution < -0.4 is 5.73 Å². The van der Waals surface area contributed by atoms with Gasteiger partial charge in [-0.1, -0.05) is 82.9 Å². The second kappa shape index (κ2) is 13.2. The molecule has 2 aromatic rings. The summed E-state index contributed by atoms with van der Waals surface area (Å²) in [5, 5.41) is 0.950. The number of ether oxygens (including phenoxy) is 1. The zero-order valence-corrected chi connectivity index (χ0v) is 18.7. The standard InChI is InChI=1S/C25H38N2O3/c1-3-4-5-6-7-8-9-10-11-14-17-30-25(29)23(26)18-21-19-27(20(2)28)24-16-13-12-15-22(21)24/h12-13,15-16,19,23H,3-11,14,17-18,26H2,1-2H3. The summed E-state index contributed by atoms with van der Waals surface area (Å²) in [5.41, 5.74) is 7.82. The van der Waals surface area contributed by atoms with E-state index in [1.54, 1.807) is 10.8 Å². The molecule has 166 valence electrons. The molecule has 2 rings (SSSR count). The van der Waals surface area contributed by atoms with Crippen LogP contribution in [-0.4, -0.2) is 29.1 Å². The summed E-state index contributed by atoms with van der Waals surface area (Å²) < 4.78 is 6.98. The van der Waals surface area contributed by atoms with Gasteiger partial charge in [0, 0.05) is 24.9 Å². The highest BCUT2D eigenvalue weighted by atomic mass is 16.5. The Bertz CT molecular complexity index is 797. The molecule has 5 nitrogen and oxygen atoms in total. The first-order valence-corrected chi connectivity index (χ1v) is 11.6. The van der Waals surface area contributed by atoms with Crippen LogP contribution in [0.1, 0.15) is 88.4 Å². The molecule has 1 aromatic heterocycles. The predicted molar refractivity (Wildman–Crippen MR) is 123 cm³/mol. The van der Waals surface area contributed by atoms with Gasteiger partial charge in [0.15, 0.2) is 0 Å². The van der Waals surface area contributed by atoms with Crippen molar-refractivity contribution in [3.05, 3.63) is 36.0 Å². The Morgan fingerprint density at radius 2 is 1.57 bits per heavy atom. The number of carbonyl (C=O) groups is 2. The van der Waals surface area contributed by atoms with Crippen LogP contribution in [0.25, 0.3) is 10.9 Å². The van der Waals surface area contributed by atoms with E-state index in [1.807, 2.05) is 24.3 Å². The molecular weight excluding hydrogens is 376 g/mol. The number of para-hydroxylation sites is 1. The summed E-state index contributed by atoms with van der Waals surface area (Å²) >= 11 is 0. The van der Waals surface area contributed by atoms with E-state index in [4.69, 9.17) is 10.5 Å². The summed E-state index contributed by atoms with van der Waals surface area (Å²) in [4.78, 5) is 24.1. The third-order valence-corrected chi connectivity index (χ3v) is 5.62. The highest BCUT2D eigenvalue weighted by molar-refractivity contribution is 5.94. The van der Waals surface area contributed by atoms with Crippen molar-refractivity contribution in [1.29, 1.82) is 0 Å². The highest BCUT2D eigenvalue weighted by Crippen LogP contribution is 2.22. The topological polar surface area (TPSA) is 74.3 Å². The smallest absolute Gasteiger partial charge is 0.323 e. The van der Waals surface area contributed by atoms with E-state index in [2.05, 4.69) is 6.92 Å². The zero-order valence-electron chi connectivity index (χ0n) is 18.7. The fourth-order valence-corrected chi connectivity index (χ4v) is 3.86. The molecule has 0 saturated carbocycles. The Morgan fingerprint density at radius 3 is 2.20 bits per heavy atom. The Morgan fingerprint density at radius 1 is 0.967 bits per heavy atom. The summed E-state index contributed by atoms with van der Waals surface area (Å²) in [6.07, 6.45) is 14.6. The zero-order chi connectivity index (χ0) is 21.8. The molecule has 0 bridgehead atoms. The predicted octanol–water partition coefficient (Wildman–Crippen LogP) is 5.64. The van der Waals surface area contributed by atoms with Crippen molar-refractivity contribution in [2.45, 2.75) is 90.5 Å². The maximum absolute atomic E-state index is 12.3. The molecule has 1 unspecified atom stereocenters. The van der Waals surface area contributed by atoms with Crippen LogP contribution in [0.4, 0.5) is 0 Å². The number of nitrogens with two attached hydrogens (primary N) is 1. The number of hydrogen-bond acceptors (Lipinski definition) is 4. The quantitative estimate of drug-likeness (QED) is 0.321. The van der Waals surface area contributed by atoms with Crippen LogP contribution in [0, 0.1) is 0 Å². The maximum atomic E-state index is 12.3. The molecule has 0 aliphatic heterocycles. The number of hydrogen-bond donors (Lipinski definition) is 1. The summed E-state index contributed by atoms with van der Waals surface area (Å²) in [6, 6.07) is 6.94. The van der Waals surface area contributed by atoms with E-state index >= 15 is 0 Å². The molecule has 0 aliphatic carbocycles. The van der Waals surface area contributed by atoms with Crippen molar-refractivity contribution >= 4 is 22.8 Å². The lowest BCUT2D eigenvalue weighted by Gasteiger charge is -2.11. The number of esters is 1. The summed E-state index contributed by atoms with van der Waals surface area (Å²) in [5.74, 6) is -0.430. The van der Waals surface area contributed by atoms with E-state index in [-0.39, 0.29) is 11.9 Å². The molecule has 2 N–H and O–H groups in total. The lowest BCUT2D eigenvalue weighted by molar-refractivity contribution is -0.145. The third kappa shape index (κ3) is 7.60. The van der Waals surface area contributed by atoms with Gasteiger partial charge in [-0.15, -0.1) is 0 Å². The number of benzene rings is 1. The van der Waals surface area contributed by atoms with Crippen molar-refractivity contribution < 1.29 is 14.3 Å². The lowest BCUT2D eigenvalue weighted by Crippen LogP contribution is -2.34. The molecule has 1 aromatic carbocycles. The minimum Gasteiger partial charge on any atom is -0.465 e.